The zero-order valence-corrected chi connectivity index (χ0v) is 17.2. The van der Waals surface area contributed by atoms with Crippen molar-refractivity contribution in [3.8, 4) is 22.7 Å². The third-order valence-corrected chi connectivity index (χ3v) is 4.86. The molecule has 2 aromatic heterocycles. The van der Waals surface area contributed by atoms with Crippen molar-refractivity contribution >= 4 is 5.91 Å². The van der Waals surface area contributed by atoms with Crippen LogP contribution >= 0.6 is 0 Å². The fourth-order valence-corrected chi connectivity index (χ4v) is 3.36. The third-order valence-electron chi connectivity index (χ3n) is 4.86. The predicted molar refractivity (Wildman–Crippen MR) is 115 cm³/mol. The SMILES string of the molecule is COc1ccccc1-c1nn(-c2ccccc2)cc1C(=O)N(C)Cc1ccc(C)o1. The van der Waals surface area contributed by atoms with E-state index in [1.54, 1.807) is 29.9 Å². The lowest BCUT2D eigenvalue weighted by Gasteiger charge is -2.16. The number of hydrogen-bond donors (Lipinski definition) is 0. The van der Waals surface area contributed by atoms with E-state index in [1.165, 1.54) is 0 Å². The molecule has 152 valence electrons. The monoisotopic (exact) mass is 401 g/mol. The highest BCUT2D eigenvalue weighted by Gasteiger charge is 2.24. The zero-order valence-electron chi connectivity index (χ0n) is 17.2. The van der Waals surface area contributed by atoms with Crippen LogP contribution in [0.1, 0.15) is 21.9 Å². The quantitative estimate of drug-likeness (QED) is 0.469. The zero-order chi connectivity index (χ0) is 21.1. The maximum atomic E-state index is 13.4. The van der Waals surface area contributed by atoms with Gasteiger partial charge in [-0.15, -0.1) is 0 Å². The Morgan fingerprint density at radius 2 is 1.80 bits per heavy atom. The van der Waals surface area contributed by atoms with Crippen LogP contribution in [0, 0.1) is 6.92 Å². The van der Waals surface area contributed by atoms with Crippen molar-refractivity contribution in [2.75, 3.05) is 14.2 Å². The maximum absolute atomic E-state index is 13.4. The number of hydrogen-bond acceptors (Lipinski definition) is 4. The number of amides is 1. The molecule has 6 nitrogen and oxygen atoms in total. The third kappa shape index (κ3) is 3.85. The van der Waals surface area contributed by atoms with Crippen molar-refractivity contribution in [3.63, 3.8) is 0 Å². The molecule has 0 radical (unpaired) electrons. The van der Waals surface area contributed by atoms with Gasteiger partial charge in [0.15, 0.2) is 0 Å². The Kier molecular flexibility index (Phi) is 5.39. The van der Waals surface area contributed by atoms with E-state index < -0.39 is 0 Å². The molecule has 0 bridgehead atoms. The topological polar surface area (TPSA) is 60.5 Å². The fourth-order valence-electron chi connectivity index (χ4n) is 3.36. The van der Waals surface area contributed by atoms with E-state index in [9.17, 15) is 4.79 Å². The van der Waals surface area contributed by atoms with Crippen LogP contribution in [0.2, 0.25) is 0 Å². The molecule has 6 heteroatoms. The summed E-state index contributed by atoms with van der Waals surface area (Å²) in [6.07, 6.45) is 1.77. The highest BCUT2D eigenvalue weighted by atomic mass is 16.5. The van der Waals surface area contributed by atoms with Crippen LogP contribution in [0.3, 0.4) is 0 Å². The van der Waals surface area contributed by atoms with Crippen molar-refractivity contribution in [2.45, 2.75) is 13.5 Å². The van der Waals surface area contributed by atoms with E-state index in [1.807, 2.05) is 73.7 Å². The molecular formula is C24H23N3O3. The Balaban J connectivity index is 1.77. The molecule has 30 heavy (non-hydrogen) atoms. The van der Waals surface area contributed by atoms with Crippen LogP contribution in [0.25, 0.3) is 16.9 Å². The van der Waals surface area contributed by atoms with Gasteiger partial charge in [-0.1, -0.05) is 30.3 Å². The minimum atomic E-state index is -0.146. The molecule has 0 saturated carbocycles. The number of nitrogens with zero attached hydrogens (tertiary/aromatic N) is 3. The van der Waals surface area contributed by atoms with Crippen LogP contribution in [-0.4, -0.2) is 34.7 Å². The largest absolute Gasteiger partial charge is 0.496 e. The van der Waals surface area contributed by atoms with Crippen molar-refractivity contribution in [1.82, 2.24) is 14.7 Å². The maximum Gasteiger partial charge on any atom is 0.257 e. The molecule has 2 aromatic carbocycles. The van der Waals surface area contributed by atoms with Crippen molar-refractivity contribution in [1.29, 1.82) is 0 Å². The van der Waals surface area contributed by atoms with Crippen molar-refractivity contribution in [3.05, 3.63) is 90.0 Å². The second-order valence-corrected chi connectivity index (χ2v) is 7.05. The first-order chi connectivity index (χ1) is 14.6. The lowest BCUT2D eigenvalue weighted by atomic mass is 10.1. The Labute approximate surface area is 175 Å². The molecule has 0 atom stereocenters. The summed E-state index contributed by atoms with van der Waals surface area (Å²) in [6, 6.07) is 21.1. The number of benzene rings is 2. The molecule has 0 aliphatic carbocycles. The summed E-state index contributed by atoms with van der Waals surface area (Å²) in [7, 11) is 3.37. The van der Waals surface area contributed by atoms with Crippen LogP contribution in [0.4, 0.5) is 0 Å². The molecule has 2 heterocycles. The summed E-state index contributed by atoms with van der Waals surface area (Å²) in [5, 5.41) is 4.74. The first kappa shape index (κ1) is 19.5. The average molecular weight is 401 g/mol. The molecule has 0 aliphatic rings. The molecule has 4 aromatic rings. The minimum Gasteiger partial charge on any atom is -0.496 e. The minimum absolute atomic E-state index is 0.146. The normalized spacial score (nSPS) is 10.8. The summed E-state index contributed by atoms with van der Waals surface area (Å²) in [4.78, 5) is 15.0. The van der Waals surface area contributed by atoms with Gasteiger partial charge in [-0.3, -0.25) is 4.79 Å². The van der Waals surface area contributed by atoms with E-state index in [4.69, 9.17) is 14.3 Å². The van der Waals surface area contributed by atoms with Crippen LogP contribution in [0.15, 0.2) is 77.3 Å². The van der Waals surface area contributed by atoms with E-state index in [2.05, 4.69) is 0 Å². The summed E-state index contributed by atoms with van der Waals surface area (Å²) < 4.78 is 12.9. The van der Waals surface area contributed by atoms with Crippen LogP contribution in [-0.2, 0) is 6.54 Å². The van der Waals surface area contributed by atoms with Gasteiger partial charge in [-0.25, -0.2) is 4.68 Å². The number of ether oxygens (including phenoxy) is 1. The highest BCUT2D eigenvalue weighted by Crippen LogP contribution is 2.32. The number of para-hydroxylation sites is 2. The summed E-state index contributed by atoms with van der Waals surface area (Å²) in [6.45, 7) is 2.25. The lowest BCUT2D eigenvalue weighted by Crippen LogP contribution is -2.26. The molecular weight excluding hydrogens is 378 g/mol. The van der Waals surface area contributed by atoms with Gasteiger partial charge < -0.3 is 14.1 Å². The number of aromatic nitrogens is 2. The number of methoxy groups -OCH3 is 1. The van der Waals surface area contributed by atoms with E-state index in [0.29, 0.717) is 23.6 Å². The smallest absolute Gasteiger partial charge is 0.257 e. The molecule has 0 unspecified atom stereocenters. The average Bonchev–Trinajstić information content (AvgIpc) is 3.40. The molecule has 0 aliphatic heterocycles. The van der Waals surface area contributed by atoms with Gasteiger partial charge in [0.05, 0.1) is 24.9 Å². The second-order valence-electron chi connectivity index (χ2n) is 7.05. The summed E-state index contributed by atoms with van der Waals surface area (Å²) in [5.74, 6) is 2.07. The summed E-state index contributed by atoms with van der Waals surface area (Å²) >= 11 is 0. The number of carbonyl (C=O) groups is 1. The molecule has 0 spiro atoms. The fraction of sp³-hybridized carbons (Fsp3) is 0.167. The van der Waals surface area contributed by atoms with Gasteiger partial charge in [0, 0.05) is 18.8 Å². The second kappa shape index (κ2) is 8.29. The number of furan rings is 1. The molecule has 0 N–H and O–H groups in total. The van der Waals surface area contributed by atoms with Crippen molar-refractivity contribution in [2.24, 2.45) is 0 Å². The van der Waals surface area contributed by atoms with Gasteiger partial charge in [-0.2, -0.15) is 5.10 Å². The number of carbonyl (C=O) groups excluding carboxylic acids is 1. The van der Waals surface area contributed by atoms with Gasteiger partial charge in [0.2, 0.25) is 0 Å². The van der Waals surface area contributed by atoms with E-state index in [-0.39, 0.29) is 5.91 Å². The summed E-state index contributed by atoms with van der Waals surface area (Å²) in [5.41, 5.74) is 2.70. The number of aryl methyl sites for hydroxylation is 1. The molecule has 0 fully saturated rings. The van der Waals surface area contributed by atoms with Crippen molar-refractivity contribution < 1.29 is 13.9 Å². The molecule has 4 rings (SSSR count). The van der Waals surface area contributed by atoms with Crippen LogP contribution in [0.5, 0.6) is 5.75 Å². The Morgan fingerprint density at radius 3 is 2.50 bits per heavy atom. The Morgan fingerprint density at radius 1 is 1.07 bits per heavy atom. The first-order valence-electron chi connectivity index (χ1n) is 9.66. The lowest BCUT2D eigenvalue weighted by molar-refractivity contribution is 0.0775. The molecule has 1 amide bonds. The standard InChI is InChI=1S/C24H23N3O3/c1-17-13-14-19(30-17)15-26(2)24(28)21-16-27(18-9-5-4-6-10-18)25-23(21)20-11-7-8-12-22(20)29-3/h4-14,16H,15H2,1-3H3. The Hall–Kier alpha value is -3.80. The van der Waals surface area contributed by atoms with Gasteiger partial charge >= 0.3 is 0 Å². The highest BCUT2D eigenvalue weighted by molar-refractivity contribution is 6.00. The predicted octanol–water partition coefficient (Wildman–Crippen LogP) is 4.72. The van der Waals surface area contributed by atoms with Gasteiger partial charge in [0.1, 0.15) is 23.0 Å². The first-order valence-corrected chi connectivity index (χ1v) is 9.66. The van der Waals surface area contributed by atoms with Crippen LogP contribution < -0.4 is 4.74 Å². The van der Waals surface area contributed by atoms with Gasteiger partial charge in [0.25, 0.3) is 5.91 Å². The molecule has 0 saturated heterocycles. The number of rotatable bonds is 6. The van der Waals surface area contributed by atoms with E-state index >= 15 is 0 Å². The van der Waals surface area contributed by atoms with Gasteiger partial charge in [-0.05, 0) is 43.3 Å². The Bertz CT molecular complexity index is 1160. The van der Waals surface area contributed by atoms with E-state index in [0.717, 1.165) is 22.8 Å².